The van der Waals surface area contributed by atoms with E-state index in [1.54, 1.807) is 6.20 Å². The van der Waals surface area contributed by atoms with Gasteiger partial charge in [0.2, 0.25) is 0 Å². The van der Waals surface area contributed by atoms with E-state index in [4.69, 9.17) is 9.15 Å². The standard InChI is InChI=1S/C22H24N2O3/c1-15-8-9-19-16(2)21(27-20(19)12-15)22(25)24-11-5-7-18(13-24)26-14-17-6-3-4-10-23-17/h3-4,6,8-10,12,18H,5,7,11,13-14H2,1-2H3/t18-/m1/s1. The van der Waals surface area contributed by atoms with Crippen molar-refractivity contribution in [3.8, 4) is 0 Å². The second kappa shape index (κ2) is 7.53. The van der Waals surface area contributed by atoms with Crippen LogP contribution in [0.15, 0.2) is 47.0 Å². The van der Waals surface area contributed by atoms with Gasteiger partial charge in [-0.05, 0) is 50.5 Å². The van der Waals surface area contributed by atoms with Gasteiger partial charge in [-0.25, -0.2) is 0 Å². The lowest BCUT2D eigenvalue weighted by Gasteiger charge is -2.32. The number of pyridine rings is 1. The van der Waals surface area contributed by atoms with Crippen LogP contribution in [0.25, 0.3) is 11.0 Å². The highest BCUT2D eigenvalue weighted by Gasteiger charge is 2.28. The predicted molar refractivity (Wildman–Crippen MR) is 104 cm³/mol. The SMILES string of the molecule is Cc1ccc2c(C)c(C(=O)N3CCC[C@@H](OCc4ccccn4)C3)oc2c1. The molecule has 3 aromatic rings. The van der Waals surface area contributed by atoms with Gasteiger partial charge >= 0.3 is 0 Å². The fourth-order valence-corrected chi connectivity index (χ4v) is 3.63. The van der Waals surface area contributed by atoms with E-state index in [1.807, 2.05) is 55.1 Å². The van der Waals surface area contributed by atoms with Crippen molar-refractivity contribution in [3.05, 3.63) is 65.2 Å². The third-order valence-corrected chi connectivity index (χ3v) is 5.15. The summed E-state index contributed by atoms with van der Waals surface area (Å²) < 4.78 is 11.9. The molecule has 3 heterocycles. The molecule has 4 rings (SSSR count). The lowest BCUT2D eigenvalue weighted by molar-refractivity contribution is -0.00861. The number of hydrogen-bond donors (Lipinski definition) is 0. The number of ether oxygens (including phenoxy) is 1. The first kappa shape index (κ1) is 17.7. The molecule has 1 aliphatic heterocycles. The number of nitrogens with zero attached hydrogens (tertiary/aromatic N) is 2. The number of hydrogen-bond acceptors (Lipinski definition) is 4. The van der Waals surface area contributed by atoms with E-state index in [9.17, 15) is 4.79 Å². The molecule has 0 aliphatic carbocycles. The van der Waals surface area contributed by atoms with E-state index in [1.165, 1.54) is 0 Å². The van der Waals surface area contributed by atoms with Crippen LogP contribution in [0.2, 0.25) is 0 Å². The second-order valence-electron chi connectivity index (χ2n) is 7.20. The highest BCUT2D eigenvalue weighted by molar-refractivity contribution is 5.99. The molecule has 0 radical (unpaired) electrons. The molecule has 5 nitrogen and oxygen atoms in total. The monoisotopic (exact) mass is 364 g/mol. The minimum absolute atomic E-state index is 0.0247. The van der Waals surface area contributed by atoms with E-state index >= 15 is 0 Å². The summed E-state index contributed by atoms with van der Waals surface area (Å²) >= 11 is 0. The van der Waals surface area contributed by atoms with Crippen LogP contribution in [0, 0.1) is 13.8 Å². The summed E-state index contributed by atoms with van der Waals surface area (Å²) in [6, 6.07) is 11.8. The average molecular weight is 364 g/mol. The molecule has 1 atom stereocenters. The normalized spacial score (nSPS) is 17.4. The maximum Gasteiger partial charge on any atom is 0.289 e. The molecule has 1 amide bonds. The van der Waals surface area contributed by atoms with E-state index in [0.717, 1.165) is 47.2 Å². The van der Waals surface area contributed by atoms with E-state index in [0.29, 0.717) is 18.9 Å². The fraction of sp³-hybridized carbons (Fsp3) is 0.364. The Morgan fingerprint density at radius 3 is 3.00 bits per heavy atom. The van der Waals surface area contributed by atoms with Gasteiger partial charge in [0, 0.05) is 30.2 Å². The van der Waals surface area contributed by atoms with Crippen molar-refractivity contribution in [2.45, 2.75) is 39.4 Å². The van der Waals surface area contributed by atoms with Crippen molar-refractivity contribution < 1.29 is 13.9 Å². The lowest BCUT2D eigenvalue weighted by Crippen LogP contribution is -2.43. The number of likely N-dealkylation sites (tertiary alicyclic amines) is 1. The Bertz CT molecular complexity index is 949. The first-order valence-corrected chi connectivity index (χ1v) is 9.42. The molecule has 0 bridgehead atoms. The van der Waals surface area contributed by atoms with Gasteiger partial charge in [-0.15, -0.1) is 0 Å². The maximum absolute atomic E-state index is 13.1. The highest BCUT2D eigenvalue weighted by atomic mass is 16.5. The number of carbonyl (C=O) groups excluding carboxylic acids is 1. The summed E-state index contributed by atoms with van der Waals surface area (Å²) in [5.41, 5.74) is 3.71. The van der Waals surface area contributed by atoms with Gasteiger partial charge in [0.15, 0.2) is 5.76 Å². The number of amides is 1. The summed E-state index contributed by atoms with van der Waals surface area (Å²) in [7, 11) is 0. The Morgan fingerprint density at radius 1 is 1.30 bits per heavy atom. The first-order valence-electron chi connectivity index (χ1n) is 9.42. The third-order valence-electron chi connectivity index (χ3n) is 5.15. The third kappa shape index (κ3) is 3.74. The van der Waals surface area contributed by atoms with Crippen molar-refractivity contribution in [1.29, 1.82) is 0 Å². The fourth-order valence-electron chi connectivity index (χ4n) is 3.63. The molecular weight excluding hydrogens is 340 g/mol. The summed E-state index contributed by atoms with van der Waals surface area (Å²) in [4.78, 5) is 19.2. The molecular formula is C22H24N2O3. The van der Waals surface area contributed by atoms with E-state index in [2.05, 4.69) is 4.98 Å². The zero-order valence-corrected chi connectivity index (χ0v) is 15.8. The molecule has 27 heavy (non-hydrogen) atoms. The molecule has 1 aliphatic rings. The Morgan fingerprint density at radius 2 is 2.19 bits per heavy atom. The molecule has 1 saturated heterocycles. The number of fused-ring (bicyclic) bond motifs is 1. The molecule has 2 aromatic heterocycles. The average Bonchev–Trinajstić information content (AvgIpc) is 3.02. The Kier molecular flexibility index (Phi) is 4.94. The maximum atomic E-state index is 13.1. The molecule has 140 valence electrons. The van der Waals surface area contributed by atoms with Crippen LogP contribution in [0.3, 0.4) is 0 Å². The molecule has 0 saturated carbocycles. The molecule has 1 fully saturated rings. The van der Waals surface area contributed by atoms with Gasteiger partial charge in [-0.3, -0.25) is 9.78 Å². The quantitative estimate of drug-likeness (QED) is 0.694. The minimum atomic E-state index is -0.0486. The van der Waals surface area contributed by atoms with Crippen molar-refractivity contribution >= 4 is 16.9 Å². The zero-order valence-electron chi connectivity index (χ0n) is 15.8. The van der Waals surface area contributed by atoms with Gasteiger partial charge in [0.25, 0.3) is 5.91 Å². The number of furan rings is 1. The summed E-state index contributed by atoms with van der Waals surface area (Å²) in [6.07, 6.45) is 3.67. The van der Waals surface area contributed by atoms with Gasteiger partial charge in [-0.1, -0.05) is 18.2 Å². The van der Waals surface area contributed by atoms with Gasteiger partial charge < -0.3 is 14.1 Å². The van der Waals surface area contributed by atoms with Crippen LogP contribution in [-0.2, 0) is 11.3 Å². The Balaban J connectivity index is 1.46. The first-order chi connectivity index (χ1) is 13.1. The number of benzene rings is 1. The number of rotatable bonds is 4. The number of aryl methyl sites for hydroxylation is 2. The second-order valence-corrected chi connectivity index (χ2v) is 7.20. The zero-order chi connectivity index (χ0) is 18.8. The molecule has 0 spiro atoms. The highest BCUT2D eigenvalue weighted by Crippen LogP contribution is 2.28. The van der Waals surface area contributed by atoms with Crippen molar-refractivity contribution in [3.63, 3.8) is 0 Å². The molecule has 5 heteroatoms. The molecule has 0 N–H and O–H groups in total. The van der Waals surface area contributed by atoms with E-state index < -0.39 is 0 Å². The smallest absolute Gasteiger partial charge is 0.289 e. The van der Waals surface area contributed by atoms with Crippen LogP contribution >= 0.6 is 0 Å². The van der Waals surface area contributed by atoms with Gasteiger partial charge in [0.1, 0.15) is 5.58 Å². The number of carbonyl (C=O) groups is 1. The Labute approximate surface area is 158 Å². The van der Waals surface area contributed by atoms with Gasteiger partial charge in [-0.2, -0.15) is 0 Å². The molecule has 1 aromatic carbocycles. The summed E-state index contributed by atoms with van der Waals surface area (Å²) in [5, 5.41) is 1.00. The van der Waals surface area contributed by atoms with Gasteiger partial charge in [0.05, 0.1) is 18.4 Å². The minimum Gasteiger partial charge on any atom is -0.451 e. The predicted octanol–water partition coefficient (Wildman–Crippen LogP) is 4.27. The van der Waals surface area contributed by atoms with Crippen molar-refractivity contribution in [1.82, 2.24) is 9.88 Å². The van der Waals surface area contributed by atoms with Crippen LogP contribution in [0.1, 0.15) is 40.2 Å². The summed E-state index contributed by atoms with van der Waals surface area (Å²) in [5.74, 6) is 0.397. The lowest BCUT2D eigenvalue weighted by atomic mass is 10.1. The Hall–Kier alpha value is -2.66. The largest absolute Gasteiger partial charge is 0.451 e. The number of piperidine rings is 1. The van der Waals surface area contributed by atoms with Crippen molar-refractivity contribution in [2.75, 3.05) is 13.1 Å². The van der Waals surface area contributed by atoms with Crippen LogP contribution < -0.4 is 0 Å². The van der Waals surface area contributed by atoms with Crippen molar-refractivity contribution in [2.24, 2.45) is 0 Å². The van der Waals surface area contributed by atoms with Crippen LogP contribution in [0.4, 0.5) is 0 Å². The van der Waals surface area contributed by atoms with Crippen LogP contribution in [0.5, 0.6) is 0 Å². The number of aromatic nitrogens is 1. The van der Waals surface area contributed by atoms with E-state index in [-0.39, 0.29) is 12.0 Å². The van der Waals surface area contributed by atoms with Crippen LogP contribution in [-0.4, -0.2) is 35.0 Å². The molecule has 0 unspecified atom stereocenters. The topological polar surface area (TPSA) is 55.6 Å². The summed E-state index contributed by atoms with van der Waals surface area (Å²) in [6.45, 7) is 5.76.